The monoisotopic (exact) mass is 300 g/mol. The summed E-state index contributed by atoms with van der Waals surface area (Å²) >= 11 is 0. The van der Waals surface area contributed by atoms with Crippen molar-refractivity contribution in [2.75, 3.05) is 13.6 Å². The molecule has 0 fully saturated rings. The van der Waals surface area contributed by atoms with Crippen molar-refractivity contribution in [3.05, 3.63) is 0 Å². The first-order chi connectivity index (χ1) is 9.60. The summed E-state index contributed by atoms with van der Waals surface area (Å²) in [6.07, 6.45) is 2.55. The second-order valence-corrected chi connectivity index (χ2v) is 6.66. The fourth-order valence-corrected chi connectivity index (χ4v) is 1.98. The van der Waals surface area contributed by atoms with Gasteiger partial charge in [-0.25, -0.2) is 4.79 Å². The number of hydrogen-bond acceptors (Lipinski definition) is 3. The normalized spacial score (nSPS) is 14.2. The van der Waals surface area contributed by atoms with Crippen molar-refractivity contribution in [1.29, 1.82) is 0 Å². The Labute approximate surface area is 129 Å². The Morgan fingerprint density at radius 3 is 2.24 bits per heavy atom. The smallest absolute Gasteiger partial charge is 0.410 e. The van der Waals surface area contributed by atoms with E-state index in [1.807, 2.05) is 27.7 Å². The van der Waals surface area contributed by atoms with Gasteiger partial charge in [-0.1, -0.05) is 27.2 Å². The molecule has 0 heterocycles. The molecular weight excluding hydrogens is 268 g/mol. The van der Waals surface area contributed by atoms with Gasteiger partial charge in [0.2, 0.25) is 5.91 Å². The number of amides is 2. The van der Waals surface area contributed by atoms with Gasteiger partial charge < -0.3 is 15.0 Å². The second kappa shape index (κ2) is 8.90. The highest BCUT2D eigenvalue weighted by Gasteiger charge is 2.23. The summed E-state index contributed by atoms with van der Waals surface area (Å²) in [5.41, 5.74) is -0.523. The molecule has 2 amide bonds. The fourth-order valence-electron chi connectivity index (χ4n) is 1.98. The molecule has 0 rings (SSSR count). The Balaban J connectivity index is 4.36. The van der Waals surface area contributed by atoms with Gasteiger partial charge in [-0.3, -0.25) is 4.79 Å². The van der Waals surface area contributed by atoms with Gasteiger partial charge in [-0.15, -0.1) is 0 Å². The molecule has 2 unspecified atom stereocenters. The van der Waals surface area contributed by atoms with Crippen molar-refractivity contribution >= 4 is 12.0 Å². The zero-order valence-electron chi connectivity index (χ0n) is 14.7. The number of nitrogens with zero attached hydrogens (tertiary/aromatic N) is 1. The molecule has 0 aromatic rings. The zero-order valence-corrected chi connectivity index (χ0v) is 14.7. The molecule has 0 bridgehead atoms. The lowest BCUT2D eigenvalue weighted by molar-refractivity contribution is -0.125. The molecule has 0 aliphatic carbocycles. The number of carbonyl (C=O) groups excluding carboxylic acids is 2. The van der Waals surface area contributed by atoms with Crippen LogP contribution in [0.25, 0.3) is 0 Å². The third kappa shape index (κ3) is 8.58. The molecule has 0 spiro atoms. The van der Waals surface area contributed by atoms with Gasteiger partial charge in [0, 0.05) is 19.6 Å². The zero-order chi connectivity index (χ0) is 16.6. The predicted molar refractivity (Wildman–Crippen MR) is 85.2 cm³/mol. The van der Waals surface area contributed by atoms with Crippen LogP contribution in [0.3, 0.4) is 0 Å². The number of ether oxygens (including phenoxy) is 1. The quantitative estimate of drug-likeness (QED) is 0.785. The minimum atomic E-state index is -0.523. The van der Waals surface area contributed by atoms with E-state index in [-0.39, 0.29) is 17.9 Å². The molecule has 2 atom stereocenters. The second-order valence-electron chi connectivity index (χ2n) is 6.66. The number of hydrogen-bond donors (Lipinski definition) is 1. The first-order valence-electron chi connectivity index (χ1n) is 7.85. The standard InChI is InChI=1S/C16H32N2O3/c1-8-10-13(9-2)17-14(19)12(3)11-18(7)15(20)21-16(4,5)6/h12-13H,8-11H2,1-7H3,(H,17,19). The molecule has 0 aromatic carbocycles. The van der Waals surface area contributed by atoms with E-state index < -0.39 is 11.7 Å². The van der Waals surface area contributed by atoms with E-state index in [0.717, 1.165) is 19.3 Å². The summed E-state index contributed by atoms with van der Waals surface area (Å²) in [5, 5.41) is 3.04. The molecule has 5 nitrogen and oxygen atoms in total. The predicted octanol–water partition coefficient (Wildman–Crippen LogP) is 3.18. The van der Waals surface area contributed by atoms with E-state index in [1.165, 1.54) is 4.90 Å². The van der Waals surface area contributed by atoms with Gasteiger partial charge in [-0.05, 0) is 33.6 Å². The van der Waals surface area contributed by atoms with Crippen molar-refractivity contribution < 1.29 is 14.3 Å². The van der Waals surface area contributed by atoms with Gasteiger partial charge in [0.25, 0.3) is 0 Å². The minimum absolute atomic E-state index is 0.00860. The Morgan fingerprint density at radius 1 is 1.24 bits per heavy atom. The lowest BCUT2D eigenvalue weighted by Gasteiger charge is -2.27. The maximum atomic E-state index is 12.1. The molecule has 5 heteroatoms. The SMILES string of the molecule is CCCC(CC)NC(=O)C(C)CN(C)C(=O)OC(C)(C)C. The van der Waals surface area contributed by atoms with Crippen LogP contribution in [0.5, 0.6) is 0 Å². The highest BCUT2D eigenvalue weighted by Crippen LogP contribution is 2.11. The third-order valence-electron chi connectivity index (χ3n) is 3.18. The average Bonchev–Trinajstić information content (AvgIpc) is 2.35. The van der Waals surface area contributed by atoms with Gasteiger partial charge >= 0.3 is 6.09 Å². The average molecular weight is 300 g/mol. The van der Waals surface area contributed by atoms with Gasteiger partial charge in [0.15, 0.2) is 0 Å². The minimum Gasteiger partial charge on any atom is -0.444 e. The van der Waals surface area contributed by atoms with E-state index in [0.29, 0.717) is 6.54 Å². The summed E-state index contributed by atoms with van der Waals surface area (Å²) in [5.74, 6) is -0.265. The molecule has 0 saturated heterocycles. The van der Waals surface area contributed by atoms with E-state index in [2.05, 4.69) is 19.2 Å². The lowest BCUT2D eigenvalue weighted by atomic mass is 10.1. The largest absolute Gasteiger partial charge is 0.444 e. The van der Waals surface area contributed by atoms with Crippen LogP contribution in [-0.2, 0) is 9.53 Å². The van der Waals surface area contributed by atoms with Gasteiger partial charge in [-0.2, -0.15) is 0 Å². The molecule has 0 aromatic heterocycles. The van der Waals surface area contributed by atoms with Crippen molar-refractivity contribution in [2.45, 2.75) is 72.4 Å². The summed E-state index contributed by atoms with van der Waals surface area (Å²) in [7, 11) is 1.65. The molecule has 0 radical (unpaired) electrons. The van der Waals surface area contributed by atoms with Crippen LogP contribution >= 0.6 is 0 Å². The molecule has 0 aliphatic rings. The van der Waals surface area contributed by atoms with Crippen LogP contribution in [0.1, 0.15) is 60.8 Å². The molecular formula is C16H32N2O3. The number of carbonyl (C=O) groups is 2. The van der Waals surface area contributed by atoms with Gasteiger partial charge in [0.05, 0.1) is 5.92 Å². The fraction of sp³-hybridized carbons (Fsp3) is 0.875. The number of rotatable bonds is 7. The van der Waals surface area contributed by atoms with Crippen LogP contribution < -0.4 is 5.32 Å². The van der Waals surface area contributed by atoms with Crippen LogP contribution in [0.4, 0.5) is 4.79 Å². The first-order valence-corrected chi connectivity index (χ1v) is 7.85. The molecule has 21 heavy (non-hydrogen) atoms. The Kier molecular flexibility index (Phi) is 8.37. The molecule has 0 aliphatic heterocycles. The number of nitrogens with one attached hydrogen (secondary N) is 1. The topological polar surface area (TPSA) is 58.6 Å². The van der Waals surface area contributed by atoms with E-state index in [4.69, 9.17) is 4.74 Å². The molecule has 0 saturated carbocycles. The first kappa shape index (κ1) is 19.7. The van der Waals surface area contributed by atoms with Crippen molar-refractivity contribution in [3.8, 4) is 0 Å². The Morgan fingerprint density at radius 2 is 1.81 bits per heavy atom. The maximum absolute atomic E-state index is 12.1. The van der Waals surface area contributed by atoms with Crippen LogP contribution in [0, 0.1) is 5.92 Å². The van der Waals surface area contributed by atoms with Gasteiger partial charge in [0.1, 0.15) is 5.60 Å². The Bertz CT molecular complexity index is 337. The summed E-state index contributed by atoms with van der Waals surface area (Å²) in [6.45, 7) is 11.8. The lowest BCUT2D eigenvalue weighted by Crippen LogP contribution is -2.43. The Hall–Kier alpha value is -1.26. The summed E-state index contributed by atoms with van der Waals surface area (Å²) in [4.78, 5) is 25.5. The van der Waals surface area contributed by atoms with E-state index in [1.54, 1.807) is 7.05 Å². The summed E-state index contributed by atoms with van der Waals surface area (Å²) in [6, 6.07) is 0.219. The highest BCUT2D eigenvalue weighted by molar-refractivity contribution is 5.79. The third-order valence-corrected chi connectivity index (χ3v) is 3.18. The van der Waals surface area contributed by atoms with Crippen LogP contribution in [-0.4, -0.2) is 42.1 Å². The van der Waals surface area contributed by atoms with Crippen molar-refractivity contribution in [3.63, 3.8) is 0 Å². The van der Waals surface area contributed by atoms with Crippen molar-refractivity contribution in [2.24, 2.45) is 5.92 Å². The van der Waals surface area contributed by atoms with Crippen molar-refractivity contribution in [1.82, 2.24) is 10.2 Å². The maximum Gasteiger partial charge on any atom is 0.410 e. The highest BCUT2D eigenvalue weighted by atomic mass is 16.6. The van der Waals surface area contributed by atoms with E-state index >= 15 is 0 Å². The van der Waals surface area contributed by atoms with Crippen LogP contribution in [0.2, 0.25) is 0 Å². The van der Waals surface area contributed by atoms with Crippen LogP contribution in [0.15, 0.2) is 0 Å². The molecule has 124 valence electrons. The van der Waals surface area contributed by atoms with E-state index in [9.17, 15) is 9.59 Å². The molecule has 1 N–H and O–H groups in total. The summed E-state index contributed by atoms with van der Waals surface area (Å²) < 4.78 is 5.28.